The largest absolute Gasteiger partial charge is 0.506 e. The van der Waals surface area contributed by atoms with Crippen molar-refractivity contribution >= 4 is 28.7 Å². The SMILES string of the molecule is Cc1ccc(O)c(N2C(=O)C(O)=C(C(=O)c3sc(-c4ccccc4)nc3C)C2c2ccccn2)c1. The number of anilines is 1. The van der Waals surface area contributed by atoms with Crippen molar-refractivity contribution in [1.82, 2.24) is 9.97 Å². The maximum atomic E-state index is 13.9. The summed E-state index contributed by atoms with van der Waals surface area (Å²) in [5, 5.41) is 22.2. The Morgan fingerprint density at radius 2 is 1.74 bits per heavy atom. The summed E-state index contributed by atoms with van der Waals surface area (Å²) in [5.74, 6) is -2.10. The van der Waals surface area contributed by atoms with Crippen molar-refractivity contribution in [1.29, 1.82) is 0 Å². The minimum atomic E-state index is -1.02. The van der Waals surface area contributed by atoms with Crippen molar-refractivity contribution in [2.45, 2.75) is 19.9 Å². The topological polar surface area (TPSA) is 104 Å². The molecular formula is C27H21N3O4S. The molecule has 0 aliphatic carbocycles. The second-order valence-corrected chi connectivity index (χ2v) is 9.21. The number of ketones is 1. The summed E-state index contributed by atoms with van der Waals surface area (Å²) in [6.07, 6.45) is 1.55. The number of rotatable bonds is 5. The first kappa shape index (κ1) is 22.5. The number of pyridine rings is 1. The number of nitrogens with zero attached hydrogens (tertiary/aromatic N) is 3. The number of aryl methyl sites for hydroxylation is 2. The molecule has 2 aromatic heterocycles. The van der Waals surface area contributed by atoms with Gasteiger partial charge in [0, 0.05) is 11.8 Å². The minimum absolute atomic E-state index is 0.0963. The molecule has 0 radical (unpaired) electrons. The van der Waals surface area contributed by atoms with Gasteiger partial charge < -0.3 is 10.2 Å². The first-order chi connectivity index (χ1) is 16.9. The molecule has 0 saturated heterocycles. The lowest BCUT2D eigenvalue weighted by Crippen LogP contribution is -2.31. The molecule has 35 heavy (non-hydrogen) atoms. The lowest BCUT2D eigenvalue weighted by Gasteiger charge is -2.26. The molecule has 1 unspecified atom stereocenters. The van der Waals surface area contributed by atoms with Gasteiger partial charge in [-0.3, -0.25) is 19.5 Å². The number of aromatic nitrogens is 2. The van der Waals surface area contributed by atoms with Crippen LogP contribution < -0.4 is 4.90 Å². The van der Waals surface area contributed by atoms with Crippen molar-refractivity contribution in [3.63, 3.8) is 0 Å². The predicted octanol–water partition coefficient (Wildman–Crippen LogP) is 5.31. The molecule has 7 nitrogen and oxygen atoms in total. The standard InChI is InChI=1S/C27H21N3O4S/c1-15-11-12-20(31)19(14-15)30-22(18-10-6-7-13-28-18)21(24(33)27(30)34)23(32)25-16(2)29-26(35-25)17-8-4-3-5-9-17/h3-14,22,31,33H,1-2H3. The third-order valence-corrected chi connectivity index (χ3v) is 7.04. The van der Waals surface area contributed by atoms with Gasteiger partial charge in [0.2, 0.25) is 5.78 Å². The number of Topliss-reactive ketones (excluding diaryl/α,β-unsaturated/α-hetero) is 1. The van der Waals surface area contributed by atoms with Crippen molar-refractivity contribution in [3.8, 4) is 16.3 Å². The fourth-order valence-corrected chi connectivity index (χ4v) is 5.19. The molecule has 1 amide bonds. The number of aliphatic hydroxyl groups is 1. The Hall–Kier alpha value is -4.30. The molecule has 1 aliphatic heterocycles. The number of carbonyl (C=O) groups is 2. The molecule has 4 aromatic rings. The summed E-state index contributed by atoms with van der Waals surface area (Å²) in [6.45, 7) is 3.55. The zero-order chi connectivity index (χ0) is 24.7. The van der Waals surface area contributed by atoms with E-state index in [1.807, 2.05) is 37.3 Å². The number of thiazole rings is 1. The molecule has 0 fully saturated rings. The second kappa shape index (κ2) is 8.81. The van der Waals surface area contributed by atoms with Gasteiger partial charge in [0.25, 0.3) is 5.91 Å². The van der Waals surface area contributed by atoms with Crippen LogP contribution in [0.3, 0.4) is 0 Å². The van der Waals surface area contributed by atoms with Crippen molar-refractivity contribution < 1.29 is 19.8 Å². The summed E-state index contributed by atoms with van der Waals surface area (Å²) in [6, 6.07) is 18.4. The maximum absolute atomic E-state index is 13.9. The monoisotopic (exact) mass is 483 g/mol. The van der Waals surface area contributed by atoms with E-state index in [9.17, 15) is 19.8 Å². The summed E-state index contributed by atoms with van der Waals surface area (Å²) in [7, 11) is 0. The van der Waals surface area contributed by atoms with Gasteiger partial charge in [-0.1, -0.05) is 42.5 Å². The molecule has 8 heteroatoms. The van der Waals surface area contributed by atoms with Gasteiger partial charge >= 0.3 is 0 Å². The normalized spacial score (nSPS) is 15.7. The van der Waals surface area contributed by atoms with Gasteiger partial charge in [-0.2, -0.15) is 0 Å². The number of phenolic OH excluding ortho intramolecular Hbond substituents is 1. The molecule has 2 aromatic carbocycles. The highest BCUT2D eigenvalue weighted by molar-refractivity contribution is 7.17. The smallest absolute Gasteiger partial charge is 0.294 e. The Kier molecular flexibility index (Phi) is 5.66. The first-order valence-corrected chi connectivity index (χ1v) is 11.7. The molecule has 1 aliphatic rings. The van der Waals surface area contributed by atoms with Gasteiger partial charge in [-0.15, -0.1) is 11.3 Å². The highest BCUT2D eigenvalue weighted by atomic mass is 32.1. The third kappa shape index (κ3) is 3.87. The van der Waals surface area contributed by atoms with E-state index in [2.05, 4.69) is 9.97 Å². The van der Waals surface area contributed by atoms with Crippen molar-refractivity contribution in [2.75, 3.05) is 4.90 Å². The Bertz CT molecular complexity index is 1480. The summed E-state index contributed by atoms with van der Waals surface area (Å²) < 4.78 is 0. The first-order valence-electron chi connectivity index (χ1n) is 10.9. The number of hydrogen-bond donors (Lipinski definition) is 2. The molecule has 0 saturated carbocycles. The van der Waals surface area contributed by atoms with E-state index in [0.717, 1.165) is 11.1 Å². The molecule has 0 bridgehead atoms. The fraction of sp³-hybridized carbons (Fsp3) is 0.111. The van der Waals surface area contributed by atoms with Gasteiger partial charge in [0.05, 0.1) is 27.5 Å². The minimum Gasteiger partial charge on any atom is -0.506 e. The van der Waals surface area contributed by atoms with Crippen LogP contribution in [0.25, 0.3) is 10.6 Å². The number of aromatic hydroxyl groups is 1. The molecule has 3 heterocycles. The summed E-state index contributed by atoms with van der Waals surface area (Å²) in [5.41, 5.74) is 2.65. The van der Waals surface area contributed by atoms with Gasteiger partial charge in [-0.25, -0.2) is 4.98 Å². The Morgan fingerprint density at radius 3 is 2.46 bits per heavy atom. The summed E-state index contributed by atoms with van der Waals surface area (Å²) in [4.78, 5) is 37.7. The number of aliphatic hydroxyl groups excluding tert-OH is 1. The van der Waals surface area contributed by atoms with Crippen molar-refractivity contribution in [2.24, 2.45) is 0 Å². The average Bonchev–Trinajstić information content (AvgIpc) is 3.39. The van der Waals surface area contributed by atoms with Gasteiger partial charge in [0.1, 0.15) is 16.8 Å². The zero-order valence-corrected chi connectivity index (χ0v) is 19.8. The van der Waals surface area contributed by atoms with E-state index in [-0.39, 0.29) is 17.0 Å². The van der Waals surface area contributed by atoms with Crippen LogP contribution in [-0.2, 0) is 4.79 Å². The Morgan fingerprint density at radius 1 is 1.00 bits per heavy atom. The van der Waals surface area contributed by atoms with Crippen LogP contribution in [-0.4, -0.2) is 31.9 Å². The Balaban J connectivity index is 1.65. The molecule has 1 atom stereocenters. The second-order valence-electron chi connectivity index (χ2n) is 8.22. The maximum Gasteiger partial charge on any atom is 0.294 e. The van der Waals surface area contributed by atoms with Crippen LogP contribution in [0.15, 0.2) is 84.3 Å². The number of amides is 1. The van der Waals surface area contributed by atoms with E-state index < -0.39 is 23.5 Å². The zero-order valence-electron chi connectivity index (χ0n) is 19.0. The third-order valence-electron chi connectivity index (χ3n) is 5.83. The van der Waals surface area contributed by atoms with Gasteiger partial charge in [-0.05, 0) is 43.7 Å². The van der Waals surface area contributed by atoms with Gasteiger partial charge in [0.15, 0.2) is 5.76 Å². The molecule has 5 rings (SSSR count). The highest BCUT2D eigenvalue weighted by Gasteiger charge is 2.46. The number of hydrogen-bond acceptors (Lipinski definition) is 7. The highest BCUT2D eigenvalue weighted by Crippen LogP contribution is 2.45. The lowest BCUT2D eigenvalue weighted by molar-refractivity contribution is -0.117. The molecule has 174 valence electrons. The molecule has 0 spiro atoms. The Labute approximate surface area is 205 Å². The van der Waals surface area contributed by atoms with Crippen molar-refractivity contribution in [3.05, 3.63) is 106 Å². The van der Waals surface area contributed by atoms with Crippen LogP contribution in [0.5, 0.6) is 5.75 Å². The van der Waals surface area contributed by atoms with E-state index >= 15 is 0 Å². The van der Waals surface area contributed by atoms with Crippen LogP contribution in [0.4, 0.5) is 5.69 Å². The number of phenols is 1. The molecular weight excluding hydrogens is 462 g/mol. The van der Waals surface area contributed by atoms with Crippen LogP contribution >= 0.6 is 11.3 Å². The average molecular weight is 484 g/mol. The van der Waals surface area contributed by atoms with E-state index in [1.54, 1.807) is 43.5 Å². The van der Waals surface area contributed by atoms with E-state index in [1.165, 1.54) is 22.3 Å². The van der Waals surface area contributed by atoms with Crippen LogP contribution in [0.2, 0.25) is 0 Å². The van der Waals surface area contributed by atoms with Crippen LogP contribution in [0.1, 0.15) is 32.7 Å². The van der Waals surface area contributed by atoms with Crippen LogP contribution in [0, 0.1) is 13.8 Å². The predicted molar refractivity (Wildman–Crippen MR) is 134 cm³/mol. The van der Waals surface area contributed by atoms with E-state index in [4.69, 9.17) is 0 Å². The number of benzene rings is 2. The fourth-order valence-electron chi connectivity index (χ4n) is 4.16. The lowest BCUT2D eigenvalue weighted by atomic mass is 9.98. The molecule has 2 N–H and O–H groups in total. The quantitative estimate of drug-likeness (QED) is 0.373. The summed E-state index contributed by atoms with van der Waals surface area (Å²) >= 11 is 1.21. The van der Waals surface area contributed by atoms with E-state index in [0.29, 0.717) is 21.3 Å². The number of carbonyl (C=O) groups excluding carboxylic acids is 2.